The Kier molecular flexibility index (Phi) is 3.14. The van der Waals surface area contributed by atoms with E-state index in [2.05, 4.69) is 15.3 Å². The number of nitrogens with one attached hydrogen (secondary N) is 2. The maximum atomic E-state index is 13.1. The highest BCUT2D eigenvalue weighted by Crippen LogP contribution is 2.28. The fourth-order valence-electron chi connectivity index (χ4n) is 2.70. The van der Waals surface area contributed by atoms with E-state index in [-0.39, 0.29) is 5.82 Å². The van der Waals surface area contributed by atoms with E-state index in [1.807, 2.05) is 0 Å². The molecule has 1 aliphatic carbocycles. The standard InChI is InChI=1S/C14H18FN3O/c15-10-4-5-11-12(8-10)18-13(17-11)16-9-14(19)6-2-1-3-7-14/h4-5,8,19H,1-3,6-7,9H2,(H2,16,17,18). The molecule has 1 aromatic heterocycles. The summed E-state index contributed by atoms with van der Waals surface area (Å²) in [5, 5.41) is 13.5. The average Bonchev–Trinajstić information content (AvgIpc) is 2.79. The van der Waals surface area contributed by atoms with Crippen LogP contribution in [0.3, 0.4) is 0 Å². The number of nitrogens with zero attached hydrogens (tertiary/aromatic N) is 1. The van der Waals surface area contributed by atoms with E-state index in [1.165, 1.54) is 18.6 Å². The van der Waals surface area contributed by atoms with Crippen molar-refractivity contribution in [1.29, 1.82) is 0 Å². The van der Waals surface area contributed by atoms with E-state index in [0.29, 0.717) is 18.0 Å². The normalized spacial score (nSPS) is 18.6. The van der Waals surface area contributed by atoms with Gasteiger partial charge in [-0.15, -0.1) is 0 Å². The molecule has 1 heterocycles. The van der Waals surface area contributed by atoms with Crippen LogP contribution in [0.2, 0.25) is 0 Å². The molecule has 1 fully saturated rings. The Morgan fingerprint density at radius 2 is 2.11 bits per heavy atom. The first-order valence-electron chi connectivity index (χ1n) is 6.76. The van der Waals surface area contributed by atoms with Crippen LogP contribution in [0, 0.1) is 5.82 Å². The largest absolute Gasteiger partial charge is 0.388 e. The second-order valence-electron chi connectivity index (χ2n) is 5.39. The van der Waals surface area contributed by atoms with Crippen LogP contribution in [0.4, 0.5) is 10.3 Å². The Labute approximate surface area is 111 Å². The van der Waals surface area contributed by atoms with Crippen molar-refractivity contribution in [3.63, 3.8) is 0 Å². The van der Waals surface area contributed by atoms with Crippen LogP contribution in [-0.4, -0.2) is 27.2 Å². The van der Waals surface area contributed by atoms with Crippen molar-refractivity contribution >= 4 is 17.0 Å². The Balaban J connectivity index is 1.71. The molecule has 102 valence electrons. The lowest BCUT2D eigenvalue weighted by molar-refractivity contribution is 0.0166. The molecule has 19 heavy (non-hydrogen) atoms. The van der Waals surface area contributed by atoms with Gasteiger partial charge >= 0.3 is 0 Å². The number of hydrogen-bond acceptors (Lipinski definition) is 3. The van der Waals surface area contributed by atoms with Gasteiger partial charge in [0.15, 0.2) is 0 Å². The lowest BCUT2D eigenvalue weighted by Crippen LogP contribution is -2.38. The van der Waals surface area contributed by atoms with Crippen LogP contribution in [0.5, 0.6) is 0 Å². The quantitative estimate of drug-likeness (QED) is 0.798. The monoisotopic (exact) mass is 263 g/mol. The van der Waals surface area contributed by atoms with Crippen LogP contribution < -0.4 is 5.32 Å². The summed E-state index contributed by atoms with van der Waals surface area (Å²) in [6.07, 6.45) is 5.00. The second-order valence-corrected chi connectivity index (χ2v) is 5.39. The van der Waals surface area contributed by atoms with E-state index in [1.54, 1.807) is 6.07 Å². The van der Waals surface area contributed by atoms with E-state index in [4.69, 9.17) is 0 Å². The molecule has 3 N–H and O–H groups in total. The van der Waals surface area contributed by atoms with Crippen molar-refractivity contribution in [2.24, 2.45) is 0 Å². The molecule has 5 heteroatoms. The molecule has 0 spiro atoms. The van der Waals surface area contributed by atoms with Gasteiger partial charge in [0.25, 0.3) is 0 Å². The number of imidazole rings is 1. The van der Waals surface area contributed by atoms with Crippen molar-refractivity contribution < 1.29 is 9.50 Å². The highest BCUT2D eigenvalue weighted by Gasteiger charge is 2.29. The Hall–Kier alpha value is -1.62. The van der Waals surface area contributed by atoms with Crippen molar-refractivity contribution in [2.75, 3.05) is 11.9 Å². The summed E-state index contributed by atoms with van der Waals surface area (Å²) in [6, 6.07) is 4.45. The molecule has 0 unspecified atom stereocenters. The minimum atomic E-state index is -0.636. The highest BCUT2D eigenvalue weighted by molar-refractivity contribution is 5.77. The Bertz CT molecular complexity index is 575. The number of aromatic amines is 1. The zero-order chi connectivity index (χ0) is 13.3. The first-order valence-corrected chi connectivity index (χ1v) is 6.76. The van der Waals surface area contributed by atoms with Crippen molar-refractivity contribution in [3.05, 3.63) is 24.0 Å². The minimum absolute atomic E-state index is 0.284. The molecule has 2 aromatic rings. The average molecular weight is 263 g/mol. The Morgan fingerprint density at radius 3 is 2.89 bits per heavy atom. The number of halogens is 1. The number of aliphatic hydroxyl groups is 1. The number of anilines is 1. The molecule has 3 rings (SSSR count). The molecule has 0 saturated heterocycles. The summed E-state index contributed by atoms with van der Waals surface area (Å²) in [5.74, 6) is 0.299. The van der Waals surface area contributed by atoms with Gasteiger partial charge in [0.05, 0.1) is 16.6 Å². The number of aromatic nitrogens is 2. The van der Waals surface area contributed by atoms with Gasteiger partial charge < -0.3 is 15.4 Å². The third-order valence-corrected chi connectivity index (χ3v) is 3.81. The zero-order valence-corrected chi connectivity index (χ0v) is 10.7. The van der Waals surface area contributed by atoms with Gasteiger partial charge in [0.1, 0.15) is 5.82 Å². The van der Waals surface area contributed by atoms with Crippen LogP contribution in [0.15, 0.2) is 18.2 Å². The Morgan fingerprint density at radius 1 is 1.32 bits per heavy atom. The number of fused-ring (bicyclic) bond motifs is 1. The molecule has 0 aliphatic heterocycles. The second kappa shape index (κ2) is 4.81. The predicted octanol–water partition coefficient (Wildman–Crippen LogP) is 2.81. The molecular formula is C14H18FN3O. The van der Waals surface area contributed by atoms with Crippen LogP contribution in [0.1, 0.15) is 32.1 Å². The third-order valence-electron chi connectivity index (χ3n) is 3.81. The lowest BCUT2D eigenvalue weighted by atomic mass is 9.85. The molecule has 0 atom stereocenters. The van der Waals surface area contributed by atoms with Gasteiger partial charge in [-0.05, 0) is 31.0 Å². The smallest absolute Gasteiger partial charge is 0.201 e. The molecule has 0 amide bonds. The van der Waals surface area contributed by atoms with E-state index in [9.17, 15) is 9.50 Å². The number of benzene rings is 1. The van der Waals surface area contributed by atoms with Gasteiger partial charge in [-0.3, -0.25) is 0 Å². The third kappa shape index (κ3) is 2.71. The van der Waals surface area contributed by atoms with E-state index in [0.717, 1.165) is 31.2 Å². The maximum Gasteiger partial charge on any atom is 0.201 e. The molecule has 0 bridgehead atoms. The lowest BCUT2D eigenvalue weighted by Gasteiger charge is -2.31. The first kappa shape index (κ1) is 12.4. The first-order chi connectivity index (χ1) is 9.15. The summed E-state index contributed by atoms with van der Waals surface area (Å²) in [4.78, 5) is 7.34. The molecule has 1 aliphatic rings. The summed E-state index contributed by atoms with van der Waals surface area (Å²) < 4.78 is 13.1. The SMILES string of the molecule is OC1(CNc2nc3ccc(F)cc3[nH]2)CCCCC1. The van der Waals surface area contributed by atoms with Crippen LogP contribution in [0.25, 0.3) is 11.0 Å². The summed E-state index contributed by atoms with van der Waals surface area (Å²) >= 11 is 0. The minimum Gasteiger partial charge on any atom is -0.388 e. The van der Waals surface area contributed by atoms with Crippen molar-refractivity contribution in [3.8, 4) is 0 Å². The number of H-pyrrole nitrogens is 1. The zero-order valence-electron chi connectivity index (χ0n) is 10.7. The number of rotatable bonds is 3. The van der Waals surface area contributed by atoms with E-state index >= 15 is 0 Å². The summed E-state index contributed by atoms with van der Waals surface area (Å²) in [7, 11) is 0. The summed E-state index contributed by atoms with van der Waals surface area (Å²) in [6.45, 7) is 0.481. The van der Waals surface area contributed by atoms with Crippen LogP contribution in [-0.2, 0) is 0 Å². The van der Waals surface area contributed by atoms with Crippen LogP contribution >= 0.6 is 0 Å². The van der Waals surface area contributed by atoms with Crippen molar-refractivity contribution in [2.45, 2.75) is 37.7 Å². The predicted molar refractivity (Wildman–Crippen MR) is 72.6 cm³/mol. The van der Waals surface area contributed by atoms with E-state index < -0.39 is 5.60 Å². The molecule has 1 saturated carbocycles. The highest BCUT2D eigenvalue weighted by atomic mass is 19.1. The van der Waals surface area contributed by atoms with Crippen molar-refractivity contribution in [1.82, 2.24) is 9.97 Å². The van der Waals surface area contributed by atoms with Gasteiger partial charge in [-0.1, -0.05) is 19.3 Å². The molecular weight excluding hydrogens is 245 g/mol. The maximum absolute atomic E-state index is 13.1. The molecule has 1 aromatic carbocycles. The topological polar surface area (TPSA) is 60.9 Å². The summed E-state index contributed by atoms with van der Waals surface area (Å²) in [5.41, 5.74) is 0.750. The van der Waals surface area contributed by atoms with Gasteiger partial charge in [0.2, 0.25) is 5.95 Å². The number of hydrogen-bond donors (Lipinski definition) is 3. The fourth-order valence-corrected chi connectivity index (χ4v) is 2.70. The van der Waals surface area contributed by atoms with Gasteiger partial charge in [-0.2, -0.15) is 0 Å². The van der Waals surface area contributed by atoms with Gasteiger partial charge in [-0.25, -0.2) is 9.37 Å². The molecule has 4 nitrogen and oxygen atoms in total. The fraction of sp³-hybridized carbons (Fsp3) is 0.500. The van der Waals surface area contributed by atoms with Gasteiger partial charge in [0, 0.05) is 6.54 Å². The molecule has 0 radical (unpaired) electrons.